The van der Waals surface area contributed by atoms with Crippen LogP contribution < -0.4 is 5.32 Å². The highest BCUT2D eigenvalue weighted by atomic mass is 32.1. The largest absolute Gasteiger partial charge is 0.394 e. The minimum Gasteiger partial charge on any atom is -0.394 e. The molecule has 16 heavy (non-hydrogen) atoms. The lowest BCUT2D eigenvalue weighted by molar-refractivity contribution is -0.117. The van der Waals surface area contributed by atoms with Crippen LogP contribution in [0.4, 0.5) is 0 Å². The Hall–Kier alpha value is -1.13. The number of thiophene rings is 1. The summed E-state index contributed by atoms with van der Waals surface area (Å²) in [5.74, 6) is -0.160. The molecule has 1 heterocycles. The minimum atomic E-state index is -0.160. The SMILES string of the molecule is CC[C@H](CO)NC(=O)/C=C/c1ccc(C)s1. The maximum Gasteiger partial charge on any atom is 0.244 e. The summed E-state index contributed by atoms with van der Waals surface area (Å²) in [6.07, 6.45) is 4.02. The highest BCUT2D eigenvalue weighted by molar-refractivity contribution is 7.12. The van der Waals surface area contributed by atoms with Crippen molar-refractivity contribution in [3.63, 3.8) is 0 Å². The second-order valence-electron chi connectivity index (χ2n) is 3.58. The van der Waals surface area contributed by atoms with E-state index in [1.165, 1.54) is 11.0 Å². The van der Waals surface area contributed by atoms with Gasteiger partial charge in [-0.2, -0.15) is 0 Å². The molecule has 0 radical (unpaired) electrons. The average molecular weight is 239 g/mol. The summed E-state index contributed by atoms with van der Waals surface area (Å²) < 4.78 is 0. The molecular weight excluding hydrogens is 222 g/mol. The fraction of sp³-hybridized carbons (Fsp3) is 0.417. The molecule has 0 saturated heterocycles. The van der Waals surface area contributed by atoms with Gasteiger partial charge in [0, 0.05) is 15.8 Å². The number of nitrogens with one attached hydrogen (secondary N) is 1. The van der Waals surface area contributed by atoms with Crippen LogP contribution in [0.1, 0.15) is 23.1 Å². The fourth-order valence-electron chi connectivity index (χ4n) is 1.23. The Labute approximate surface area is 99.8 Å². The van der Waals surface area contributed by atoms with E-state index in [1.54, 1.807) is 17.4 Å². The third-order valence-electron chi connectivity index (χ3n) is 2.22. The lowest BCUT2D eigenvalue weighted by atomic mass is 10.2. The smallest absolute Gasteiger partial charge is 0.244 e. The molecule has 0 unspecified atom stereocenters. The van der Waals surface area contributed by atoms with Crippen molar-refractivity contribution in [2.24, 2.45) is 0 Å². The third kappa shape index (κ3) is 4.16. The molecule has 0 aliphatic rings. The Morgan fingerprint density at radius 2 is 2.38 bits per heavy atom. The maximum absolute atomic E-state index is 11.4. The van der Waals surface area contributed by atoms with Gasteiger partial charge in [0.2, 0.25) is 5.91 Å². The van der Waals surface area contributed by atoms with Gasteiger partial charge in [0.25, 0.3) is 0 Å². The molecule has 1 atom stereocenters. The summed E-state index contributed by atoms with van der Waals surface area (Å²) in [5.41, 5.74) is 0. The van der Waals surface area contributed by atoms with E-state index in [0.717, 1.165) is 11.3 Å². The molecule has 0 saturated carbocycles. The van der Waals surface area contributed by atoms with Crippen LogP contribution in [0.5, 0.6) is 0 Å². The molecule has 88 valence electrons. The van der Waals surface area contributed by atoms with E-state index in [-0.39, 0.29) is 18.6 Å². The van der Waals surface area contributed by atoms with Crippen LogP contribution in [-0.4, -0.2) is 23.7 Å². The van der Waals surface area contributed by atoms with Crippen LogP contribution in [-0.2, 0) is 4.79 Å². The summed E-state index contributed by atoms with van der Waals surface area (Å²) >= 11 is 1.64. The Morgan fingerprint density at radius 3 is 2.88 bits per heavy atom. The zero-order chi connectivity index (χ0) is 12.0. The Kier molecular flexibility index (Phi) is 5.22. The van der Waals surface area contributed by atoms with E-state index in [2.05, 4.69) is 5.32 Å². The first-order valence-corrected chi connectivity index (χ1v) is 6.13. The monoisotopic (exact) mass is 239 g/mol. The van der Waals surface area contributed by atoms with E-state index < -0.39 is 0 Å². The van der Waals surface area contributed by atoms with E-state index in [0.29, 0.717) is 0 Å². The molecule has 1 rings (SSSR count). The van der Waals surface area contributed by atoms with Crippen LogP contribution in [0, 0.1) is 6.92 Å². The Morgan fingerprint density at radius 1 is 1.62 bits per heavy atom. The van der Waals surface area contributed by atoms with Gasteiger partial charge in [0.15, 0.2) is 0 Å². The first-order chi connectivity index (χ1) is 7.65. The minimum absolute atomic E-state index is 0.0197. The van der Waals surface area contributed by atoms with Gasteiger partial charge in [0.1, 0.15) is 0 Å². The lowest BCUT2D eigenvalue weighted by Crippen LogP contribution is -2.35. The molecule has 0 bridgehead atoms. The number of rotatable bonds is 5. The van der Waals surface area contributed by atoms with E-state index in [1.807, 2.05) is 26.0 Å². The third-order valence-corrected chi connectivity index (χ3v) is 3.19. The van der Waals surface area contributed by atoms with E-state index >= 15 is 0 Å². The molecule has 1 aromatic rings. The van der Waals surface area contributed by atoms with Crippen LogP contribution >= 0.6 is 11.3 Å². The standard InChI is InChI=1S/C12H17NO2S/c1-3-10(8-14)13-12(15)7-6-11-5-4-9(2)16-11/h4-7,10,14H,3,8H2,1-2H3,(H,13,15)/b7-6+/t10-/m1/s1. The highest BCUT2D eigenvalue weighted by Crippen LogP contribution is 2.16. The van der Waals surface area contributed by atoms with Crippen molar-refractivity contribution in [1.29, 1.82) is 0 Å². The molecule has 1 aromatic heterocycles. The number of aryl methyl sites for hydroxylation is 1. The quantitative estimate of drug-likeness (QED) is 0.772. The number of hydrogen-bond acceptors (Lipinski definition) is 3. The van der Waals surface area contributed by atoms with Crippen molar-refractivity contribution in [1.82, 2.24) is 5.32 Å². The summed E-state index contributed by atoms with van der Waals surface area (Å²) in [6.45, 7) is 3.93. The molecule has 1 amide bonds. The first-order valence-electron chi connectivity index (χ1n) is 5.31. The number of carbonyl (C=O) groups is 1. The topological polar surface area (TPSA) is 49.3 Å². The van der Waals surface area contributed by atoms with Gasteiger partial charge in [-0.1, -0.05) is 6.92 Å². The van der Waals surface area contributed by atoms with E-state index in [4.69, 9.17) is 5.11 Å². The Balaban J connectivity index is 2.48. The predicted octanol–water partition coefficient (Wildman–Crippen LogP) is 1.96. The van der Waals surface area contributed by atoms with Gasteiger partial charge in [-0.05, 0) is 31.6 Å². The molecule has 0 aliphatic carbocycles. The summed E-state index contributed by atoms with van der Waals surface area (Å²) in [6, 6.07) is 3.85. The molecule has 3 nitrogen and oxygen atoms in total. The van der Waals surface area contributed by atoms with Gasteiger partial charge in [-0.3, -0.25) is 4.79 Å². The van der Waals surface area contributed by atoms with Crippen molar-refractivity contribution in [2.45, 2.75) is 26.3 Å². The van der Waals surface area contributed by atoms with Crippen LogP contribution in [0.2, 0.25) is 0 Å². The molecule has 0 spiro atoms. The second-order valence-corrected chi connectivity index (χ2v) is 4.90. The molecule has 0 aromatic carbocycles. The molecular formula is C12H17NO2S. The Bertz CT molecular complexity index is 367. The summed E-state index contributed by atoms with van der Waals surface area (Å²) in [7, 11) is 0. The number of hydrogen-bond donors (Lipinski definition) is 2. The predicted molar refractivity (Wildman–Crippen MR) is 67.4 cm³/mol. The van der Waals surface area contributed by atoms with Crippen LogP contribution in [0.3, 0.4) is 0 Å². The zero-order valence-electron chi connectivity index (χ0n) is 9.56. The van der Waals surface area contributed by atoms with Crippen molar-refractivity contribution in [2.75, 3.05) is 6.61 Å². The summed E-state index contributed by atoms with van der Waals surface area (Å²) in [5, 5.41) is 11.6. The number of aliphatic hydroxyl groups is 1. The van der Waals surface area contributed by atoms with Crippen LogP contribution in [0.25, 0.3) is 6.08 Å². The van der Waals surface area contributed by atoms with Gasteiger partial charge in [-0.25, -0.2) is 0 Å². The number of amides is 1. The zero-order valence-corrected chi connectivity index (χ0v) is 10.4. The molecule has 2 N–H and O–H groups in total. The highest BCUT2D eigenvalue weighted by Gasteiger charge is 2.05. The van der Waals surface area contributed by atoms with Gasteiger partial charge < -0.3 is 10.4 Å². The number of carbonyl (C=O) groups excluding carboxylic acids is 1. The first kappa shape index (κ1) is 12.9. The second kappa shape index (κ2) is 6.45. The van der Waals surface area contributed by atoms with Crippen molar-refractivity contribution in [3.8, 4) is 0 Å². The maximum atomic E-state index is 11.4. The normalized spacial score (nSPS) is 12.9. The van der Waals surface area contributed by atoms with Gasteiger partial charge in [-0.15, -0.1) is 11.3 Å². The van der Waals surface area contributed by atoms with Crippen LogP contribution in [0.15, 0.2) is 18.2 Å². The van der Waals surface area contributed by atoms with Crippen molar-refractivity contribution in [3.05, 3.63) is 28.0 Å². The lowest BCUT2D eigenvalue weighted by Gasteiger charge is -2.11. The number of aliphatic hydroxyl groups excluding tert-OH is 1. The van der Waals surface area contributed by atoms with Gasteiger partial charge >= 0.3 is 0 Å². The fourth-order valence-corrected chi connectivity index (χ4v) is 2.01. The molecule has 4 heteroatoms. The van der Waals surface area contributed by atoms with Crippen molar-refractivity contribution < 1.29 is 9.90 Å². The van der Waals surface area contributed by atoms with Gasteiger partial charge in [0.05, 0.1) is 12.6 Å². The molecule has 0 fully saturated rings. The van der Waals surface area contributed by atoms with Crippen molar-refractivity contribution >= 4 is 23.3 Å². The summed E-state index contributed by atoms with van der Waals surface area (Å²) in [4.78, 5) is 13.7. The average Bonchev–Trinajstić information content (AvgIpc) is 2.69. The van der Waals surface area contributed by atoms with E-state index in [9.17, 15) is 4.79 Å². The molecule has 0 aliphatic heterocycles.